The topological polar surface area (TPSA) is 55.2 Å². The van der Waals surface area contributed by atoms with E-state index in [1.807, 2.05) is 31.2 Å². The second-order valence-corrected chi connectivity index (χ2v) is 8.97. The Bertz CT molecular complexity index is 1100. The molecule has 1 aromatic carbocycles. The number of carbonyl (C=O) groups excluding carboxylic acids is 1. The summed E-state index contributed by atoms with van der Waals surface area (Å²) in [5, 5.41) is 0.726. The third kappa shape index (κ3) is 3.49. The number of nitrogens with zero attached hydrogens (tertiary/aromatic N) is 3. The number of fused-ring (bicyclic) bond motifs is 3. The molecule has 0 saturated carbocycles. The highest BCUT2D eigenvalue weighted by Crippen LogP contribution is 2.35. The van der Waals surface area contributed by atoms with Crippen LogP contribution in [0.5, 0.6) is 0 Å². The molecule has 0 N–H and O–H groups in total. The van der Waals surface area contributed by atoms with Crippen LogP contribution in [0.1, 0.15) is 34.9 Å². The number of hydrogen-bond acceptors (Lipinski definition) is 4. The zero-order chi connectivity index (χ0) is 19.8. The van der Waals surface area contributed by atoms with Crippen LogP contribution in [-0.4, -0.2) is 27.4 Å². The summed E-state index contributed by atoms with van der Waals surface area (Å²) in [6, 6.07) is 8.03. The van der Waals surface area contributed by atoms with Crippen molar-refractivity contribution in [2.75, 3.05) is 7.05 Å². The van der Waals surface area contributed by atoms with Gasteiger partial charge in [-0.05, 0) is 48.8 Å². The standard InChI is InChI=1S/C22H25N3O2S/c1-14-8-9-17-18(10-14)28-21-20(17)22(27)25(13-23-21)12-19(26)24(3)11-16-7-5-4-6-15(16)2/h4-7,13-14H,8-12H2,1-3H3. The third-order valence-electron chi connectivity index (χ3n) is 5.68. The van der Waals surface area contributed by atoms with Crippen molar-refractivity contribution < 1.29 is 4.79 Å². The van der Waals surface area contributed by atoms with Gasteiger partial charge in [0.05, 0.1) is 11.7 Å². The monoisotopic (exact) mass is 395 g/mol. The van der Waals surface area contributed by atoms with Crippen LogP contribution in [0.25, 0.3) is 10.2 Å². The van der Waals surface area contributed by atoms with Crippen LogP contribution in [0.2, 0.25) is 0 Å². The molecule has 1 aliphatic rings. The maximum absolute atomic E-state index is 13.1. The minimum Gasteiger partial charge on any atom is -0.340 e. The van der Waals surface area contributed by atoms with Crippen LogP contribution in [0.4, 0.5) is 0 Å². The van der Waals surface area contributed by atoms with Crippen LogP contribution in [0.3, 0.4) is 0 Å². The normalized spacial score (nSPS) is 16.2. The molecule has 0 saturated heterocycles. The predicted octanol–water partition coefficient (Wildman–Crippen LogP) is 3.55. The molecule has 0 spiro atoms. The molecule has 28 heavy (non-hydrogen) atoms. The van der Waals surface area contributed by atoms with Crippen molar-refractivity contribution in [2.24, 2.45) is 5.92 Å². The molecule has 2 aromatic heterocycles. The molecular weight excluding hydrogens is 370 g/mol. The van der Waals surface area contributed by atoms with Crippen LogP contribution in [0, 0.1) is 12.8 Å². The van der Waals surface area contributed by atoms with E-state index < -0.39 is 0 Å². The summed E-state index contributed by atoms with van der Waals surface area (Å²) in [6.07, 6.45) is 4.58. The zero-order valence-electron chi connectivity index (χ0n) is 16.6. The fourth-order valence-corrected chi connectivity index (χ4v) is 5.22. The van der Waals surface area contributed by atoms with Gasteiger partial charge in [0.25, 0.3) is 5.56 Å². The second kappa shape index (κ2) is 7.51. The van der Waals surface area contributed by atoms with Gasteiger partial charge in [-0.15, -0.1) is 11.3 Å². The summed E-state index contributed by atoms with van der Waals surface area (Å²) in [5.41, 5.74) is 3.34. The van der Waals surface area contributed by atoms with E-state index >= 15 is 0 Å². The Morgan fingerprint density at radius 1 is 1.36 bits per heavy atom. The van der Waals surface area contributed by atoms with E-state index in [-0.39, 0.29) is 18.0 Å². The Hall–Kier alpha value is -2.47. The third-order valence-corrected chi connectivity index (χ3v) is 6.84. The number of likely N-dealkylation sites (N-methyl/N-ethyl adjacent to an activating group) is 1. The van der Waals surface area contributed by atoms with E-state index in [0.717, 1.165) is 46.2 Å². The molecule has 3 aromatic rings. The van der Waals surface area contributed by atoms with Gasteiger partial charge in [0.2, 0.25) is 5.91 Å². The highest BCUT2D eigenvalue weighted by atomic mass is 32.1. The first-order valence-corrected chi connectivity index (χ1v) is 10.5. The maximum Gasteiger partial charge on any atom is 0.262 e. The van der Waals surface area contributed by atoms with Crippen LogP contribution < -0.4 is 5.56 Å². The van der Waals surface area contributed by atoms with Gasteiger partial charge in [-0.3, -0.25) is 14.2 Å². The smallest absolute Gasteiger partial charge is 0.262 e. The van der Waals surface area contributed by atoms with Gasteiger partial charge in [0.15, 0.2) is 0 Å². The Balaban J connectivity index is 1.58. The van der Waals surface area contributed by atoms with E-state index in [9.17, 15) is 9.59 Å². The Kier molecular flexibility index (Phi) is 5.06. The molecule has 2 heterocycles. The zero-order valence-corrected chi connectivity index (χ0v) is 17.4. The van der Waals surface area contributed by atoms with E-state index in [1.165, 1.54) is 15.8 Å². The molecule has 146 valence electrons. The number of thiophene rings is 1. The first-order valence-electron chi connectivity index (χ1n) is 9.72. The van der Waals surface area contributed by atoms with Crippen LogP contribution >= 0.6 is 11.3 Å². The van der Waals surface area contributed by atoms with E-state index in [0.29, 0.717) is 12.5 Å². The minimum absolute atomic E-state index is 0.0190. The molecule has 5 nitrogen and oxygen atoms in total. The number of carbonyl (C=O) groups is 1. The average molecular weight is 396 g/mol. The second-order valence-electron chi connectivity index (χ2n) is 7.89. The molecule has 1 amide bonds. The predicted molar refractivity (Wildman–Crippen MR) is 113 cm³/mol. The van der Waals surface area contributed by atoms with Crippen LogP contribution in [0.15, 0.2) is 35.4 Å². The van der Waals surface area contributed by atoms with Crippen LogP contribution in [-0.2, 0) is 30.7 Å². The van der Waals surface area contributed by atoms with Gasteiger partial charge >= 0.3 is 0 Å². The summed E-state index contributed by atoms with van der Waals surface area (Å²) in [4.78, 5) is 34.1. The Morgan fingerprint density at radius 3 is 2.93 bits per heavy atom. The highest BCUT2D eigenvalue weighted by Gasteiger charge is 2.23. The number of aryl methyl sites for hydroxylation is 2. The molecule has 0 fully saturated rings. The molecule has 6 heteroatoms. The Labute approximate surface area is 168 Å². The highest BCUT2D eigenvalue weighted by molar-refractivity contribution is 7.18. The number of amides is 1. The van der Waals surface area contributed by atoms with Gasteiger partial charge in [-0.25, -0.2) is 4.98 Å². The molecular formula is C22H25N3O2S. The van der Waals surface area contributed by atoms with Crippen molar-refractivity contribution in [3.63, 3.8) is 0 Å². The van der Waals surface area contributed by atoms with Gasteiger partial charge in [-0.1, -0.05) is 31.2 Å². The summed E-state index contributed by atoms with van der Waals surface area (Å²) in [5.74, 6) is 0.559. The molecule has 1 atom stereocenters. The molecule has 1 unspecified atom stereocenters. The number of hydrogen-bond donors (Lipinski definition) is 0. The van der Waals surface area contributed by atoms with Crippen molar-refractivity contribution in [1.82, 2.24) is 14.5 Å². The van der Waals surface area contributed by atoms with Crippen molar-refractivity contribution >= 4 is 27.5 Å². The lowest BCUT2D eigenvalue weighted by atomic mass is 9.89. The lowest BCUT2D eigenvalue weighted by Gasteiger charge is -2.19. The van der Waals surface area contributed by atoms with Gasteiger partial charge in [0, 0.05) is 18.5 Å². The lowest BCUT2D eigenvalue weighted by Crippen LogP contribution is -2.34. The summed E-state index contributed by atoms with van der Waals surface area (Å²) < 4.78 is 1.46. The van der Waals surface area contributed by atoms with E-state index in [4.69, 9.17) is 0 Å². The number of aromatic nitrogens is 2. The van der Waals surface area contributed by atoms with Gasteiger partial charge in [0.1, 0.15) is 11.4 Å². The molecule has 4 rings (SSSR count). The van der Waals surface area contributed by atoms with Crippen molar-refractivity contribution in [3.05, 3.63) is 62.5 Å². The number of benzene rings is 1. The minimum atomic E-state index is -0.0933. The summed E-state index contributed by atoms with van der Waals surface area (Å²) >= 11 is 1.64. The molecule has 0 aliphatic heterocycles. The van der Waals surface area contributed by atoms with Gasteiger partial charge in [-0.2, -0.15) is 0 Å². The first kappa shape index (κ1) is 18.9. The maximum atomic E-state index is 13.1. The average Bonchev–Trinajstić information content (AvgIpc) is 3.03. The fraction of sp³-hybridized carbons (Fsp3) is 0.409. The lowest BCUT2D eigenvalue weighted by molar-refractivity contribution is -0.131. The van der Waals surface area contributed by atoms with Gasteiger partial charge < -0.3 is 4.90 Å². The summed E-state index contributed by atoms with van der Waals surface area (Å²) in [6.45, 7) is 4.84. The Morgan fingerprint density at radius 2 is 2.14 bits per heavy atom. The SMILES string of the molecule is Cc1ccccc1CN(C)C(=O)Cn1cnc2sc3c(c2c1=O)CCC(C)C3. The van der Waals surface area contributed by atoms with Crippen molar-refractivity contribution in [3.8, 4) is 0 Å². The fourth-order valence-electron chi connectivity index (χ4n) is 3.88. The van der Waals surface area contributed by atoms with Crippen molar-refractivity contribution in [2.45, 2.75) is 46.2 Å². The quantitative estimate of drug-likeness (QED) is 0.679. The number of rotatable bonds is 4. The summed E-state index contributed by atoms with van der Waals surface area (Å²) in [7, 11) is 1.78. The van der Waals surface area contributed by atoms with E-state index in [1.54, 1.807) is 23.3 Å². The van der Waals surface area contributed by atoms with Crippen molar-refractivity contribution in [1.29, 1.82) is 0 Å². The first-order chi connectivity index (χ1) is 13.4. The largest absolute Gasteiger partial charge is 0.340 e. The molecule has 0 radical (unpaired) electrons. The molecule has 1 aliphatic carbocycles. The van der Waals surface area contributed by atoms with E-state index in [2.05, 4.69) is 11.9 Å². The molecule has 0 bridgehead atoms.